The largest absolute Gasteiger partial charge is 0.493 e. The third-order valence-electron chi connectivity index (χ3n) is 5.55. The van der Waals surface area contributed by atoms with Gasteiger partial charge in [-0.2, -0.15) is 0 Å². The number of halogens is 1. The van der Waals surface area contributed by atoms with Crippen molar-refractivity contribution in [1.29, 1.82) is 0 Å². The van der Waals surface area contributed by atoms with Gasteiger partial charge in [0.05, 0.1) is 29.4 Å². The van der Waals surface area contributed by atoms with E-state index >= 15 is 0 Å². The van der Waals surface area contributed by atoms with Gasteiger partial charge < -0.3 is 9.47 Å². The molecule has 0 saturated carbocycles. The topological polar surface area (TPSA) is 128 Å². The molecule has 0 bridgehead atoms. The standard InChI is InChI=1S/C26H20BrN3O7/c1-15-10-18(8-9-20(15)27)29-25(32)19(24(31)28-26(29)33)11-17-12-22(36-2)23(13-21(17)30(34)35)37-14-16-6-4-3-5-7-16/h3-13H,14H2,1-2H3,(H,28,31,33)/b19-11+. The fraction of sp³-hybridized carbons (Fsp3) is 0.115. The molecule has 37 heavy (non-hydrogen) atoms. The number of anilines is 1. The zero-order chi connectivity index (χ0) is 26.7. The molecule has 188 valence electrons. The summed E-state index contributed by atoms with van der Waals surface area (Å²) >= 11 is 3.36. The van der Waals surface area contributed by atoms with Crippen molar-refractivity contribution in [3.05, 3.63) is 97.5 Å². The van der Waals surface area contributed by atoms with E-state index < -0.39 is 34.0 Å². The summed E-state index contributed by atoms with van der Waals surface area (Å²) in [7, 11) is 1.36. The number of carbonyl (C=O) groups excluding carboxylic acids is 3. The molecule has 1 saturated heterocycles. The number of imide groups is 2. The van der Waals surface area contributed by atoms with Gasteiger partial charge in [-0.3, -0.25) is 25.0 Å². The summed E-state index contributed by atoms with van der Waals surface area (Å²) < 4.78 is 11.9. The number of rotatable bonds is 7. The van der Waals surface area contributed by atoms with Gasteiger partial charge in [-0.05, 0) is 48.4 Å². The van der Waals surface area contributed by atoms with Crippen LogP contribution in [0.4, 0.5) is 16.2 Å². The van der Waals surface area contributed by atoms with E-state index in [0.29, 0.717) is 0 Å². The molecule has 10 nitrogen and oxygen atoms in total. The Balaban J connectivity index is 1.73. The molecule has 0 radical (unpaired) electrons. The smallest absolute Gasteiger partial charge is 0.335 e. The van der Waals surface area contributed by atoms with E-state index in [1.807, 2.05) is 30.3 Å². The Labute approximate surface area is 219 Å². The summed E-state index contributed by atoms with van der Waals surface area (Å²) in [5.74, 6) is -1.62. The van der Waals surface area contributed by atoms with Gasteiger partial charge >= 0.3 is 6.03 Å². The van der Waals surface area contributed by atoms with Crippen molar-refractivity contribution >= 4 is 51.2 Å². The van der Waals surface area contributed by atoms with Crippen LogP contribution in [0, 0.1) is 17.0 Å². The molecule has 1 aliphatic heterocycles. The summed E-state index contributed by atoms with van der Waals surface area (Å²) in [5, 5.41) is 14.0. The maximum absolute atomic E-state index is 13.2. The molecule has 0 atom stereocenters. The lowest BCUT2D eigenvalue weighted by Gasteiger charge is -2.26. The number of hydrogen-bond donors (Lipinski definition) is 1. The van der Waals surface area contributed by atoms with E-state index in [9.17, 15) is 24.5 Å². The highest BCUT2D eigenvalue weighted by Gasteiger charge is 2.37. The SMILES string of the molecule is COc1cc(/C=C2\C(=O)NC(=O)N(c3ccc(Br)c(C)c3)C2=O)c([N+](=O)[O-])cc1OCc1ccccc1. The summed E-state index contributed by atoms with van der Waals surface area (Å²) in [4.78, 5) is 50.4. The predicted octanol–water partition coefficient (Wildman–Crippen LogP) is 4.92. The molecule has 4 rings (SSSR count). The fourth-order valence-electron chi connectivity index (χ4n) is 3.66. The van der Waals surface area contributed by atoms with Crippen LogP contribution in [0.2, 0.25) is 0 Å². The minimum atomic E-state index is -0.974. The number of nitro groups is 1. The number of carbonyl (C=O) groups is 3. The van der Waals surface area contributed by atoms with E-state index in [2.05, 4.69) is 21.2 Å². The molecule has 3 aromatic carbocycles. The zero-order valence-electron chi connectivity index (χ0n) is 19.7. The summed E-state index contributed by atoms with van der Waals surface area (Å²) in [6.07, 6.45) is 1.06. The van der Waals surface area contributed by atoms with Crippen LogP contribution in [0.1, 0.15) is 16.7 Å². The molecular formula is C26H20BrN3O7. The fourth-order valence-corrected chi connectivity index (χ4v) is 3.91. The molecule has 1 fully saturated rings. The lowest BCUT2D eigenvalue weighted by atomic mass is 10.0. The number of barbiturate groups is 1. The van der Waals surface area contributed by atoms with Crippen molar-refractivity contribution in [2.24, 2.45) is 0 Å². The monoisotopic (exact) mass is 565 g/mol. The first kappa shape index (κ1) is 25.6. The number of ether oxygens (including phenoxy) is 2. The average Bonchev–Trinajstić information content (AvgIpc) is 2.87. The van der Waals surface area contributed by atoms with E-state index in [-0.39, 0.29) is 29.4 Å². The highest BCUT2D eigenvalue weighted by Crippen LogP contribution is 2.37. The molecule has 1 heterocycles. The second-order valence-electron chi connectivity index (χ2n) is 7.98. The van der Waals surface area contributed by atoms with Crippen molar-refractivity contribution in [2.45, 2.75) is 13.5 Å². The number of aryl methyl sites for hydroxylation is 1. The van der Waals surface area contributed by atoms with Crippen molar-refractivity contribution in [1.82, 2.24) is 5.32 Å². The molecule has 1 aliphatic rings. The maximum Gasteiger partial charge on any atom is 0.335 e. The number of nitrogens with one attached hydrogen (secondary N) is 1. The van der Waals surface area contributed by atoms with Gasteiger partial charge in [-0.1, -0.05) is 46.3 Å². The van der Waals surface area contributed by atoms with Gasteiger partial charge in [0.25, 0.3) is 17.5 Å². The maximum atomic E-state index is 13.2. The quantitative estimate of drug-likeness (QED) is 0.186. The number of nitrogens with zero attached hydrogens (tertiary/aromatic N) is 2. The van der Waals surface area contributed by atoms with Crippen molar-refractivity contribution in [3.8, 4) is 11.5 Å². The number of amides is 4. The molecule has 11 heteroatoms. The van der Waals surface area contributed by atoms with Gasteiger partial charge in [-0.15, -0.1) is 0 Å². The second kappa shape index (κ2) is 10.6. The molecule has 1 N–H and O–H groups in total. The number of hydrogen-bond acceptors (Lipinski definition) is 7. The minimum Gasteiger partial charge on any atom is -0.493 e. The van der Waals surface area contributed by atoms with Crippen LogP contribution in [0.5, 0.6) is 11.5 Å². The van der Waals surface area contributed by atoms with Crippen LogP contribution in [-0.4, -0.2) is 29.9 Å². The van der Waals surface area contributed by atoms with Gasteiger partial charge in [0.15, 0.2) is 11.5 Å². The third kappa shape index (κ3) is 5.36. The highest BCUT2D eigenvalue weighted by atomic mass is 79.9. The Hall–Kier alpha value is -4.51. The molecule has 0 aliphatic carbocycles. The summed E-state index contributed by atoms with van der Waals surface area (Å²) in [6.45, 7) is 1.91. The van der Waals surface area contributed by atoms with Crippen molar-refractivity contribution in [3.63, 3.8) is 0 Å². The average molecular weight is 566 g/mol. The van der Waals surface area contributed by atoms with Crippen LogP contribution in [-0.2, 0) is 16.2 Å². The van der Waals surface area contributed by atoms with Crippen molar-refractivity contribution in [2.75, 3.05) is 12.0 Å². The lowest BCUT2D eigenvalue weighted by Crippen LogP contribution is -2.54. The van der Waals surface area contributed by atoms with Gasteiger partial charge in [0.2, 0.25) is 0 Å². The first-order valence-electron chi connectivity index (χ1n) is 10.9. The third-order valence-corrected chi connectivity index (χ3v) is 6.44. The van der Waals surface area contributed by atoms with Crippen LogP contribution in [0.25, 0.3) is 6.08 Å². The van der Waals surface area contributed by atoms with Crippen molar-refractivity contribution < 1.29 is 28.8 Å². The zero-order valence-corrected chi connectivity index (χ0v) is 21.3. The highest BCUT2D eigenvalue weighted by molar-refractivity contribution is 9.10. The Morgan fingerprint density at radius 1 is 1.05 bits per heavy atom. The van der Waals surface area contributed by atoms with E-state index in [1.165, 1.54) is 25.3 Å². The molecule has 3 aromatic rings. The van der Waals surface area contributed by atoms with Gasteiger partial charge in [0, 0.05) is 4.47 Å². The van der Waals surface area contributed by atoms with Gasteiger partial charge in [0.1, 0.15) is 12.2 Å². The minimum absolute atomic E-state index is 0.0753. The molecule has 0 spiro atoms. The normalized spacial score (nSPS) is 14.5. The van der Waals surface area contributed by atoms with Crippen LogP contribution in [0.3, 0.4) is 0 Å². The van der Waals surface area contributed by atoms with Crippen LogP contribution >= 0.6 is 15.9 Å². The first-order valence-corrected chi connectivity index (χ1v) is 11.7. The molecule has 4 amide bonds. The number of urea groups is 1. The first-order chi connectivity index (χ1) is 17.7. The number of nitro benzene ring substituents is 1. The Morgan fingerprint density at radius 3 is 2.43 bits per heavy atom. The van der Waals surface area contributed by atoms with E-state index in [0.717, 1.165) is 26.6 Å². The van der Waals surface area contributed by atoms with E-state index in [1.54, 1.807) is 19.1 Å². The van der Waals surface area contributed by atoms with Crippen LogP contribution < -0.4 is 19.7 Å². The number of methoxy groups -OCH3 is 1. The molecule has 0 unspecified atom stereocenters. The van der Waals surface area contributed by atoms with E-state index in [4.69, 9.17) is 9.47 Å². The summed E-state index contributed by atoms with van der Waals surface area (Å²) in [5.41, 5.74) is 0.887. The van der Waals surface area contributed by atoms with Crippen LogP contribution in [0.15, 0.2) is 70.7 Å². The Morgan fingerprint density at radius 2 is 1.78 bits per heavy atom. The summed E-state index contributed by atoms with van der Waals surface area (Å²) in [6, 6.07) is 15.5. The molecule has 0 aromatic heterocycles. The molecular weight excluding hydrogens is 546 g/mol. The number of benzene rings is 3. The Bertz CT molecular complexity index is 1450. The lowest BCUT2D eigenvalue weighted by molar-refractivity contribution is -0.385. The predicted molar refractivity (Wildman–Crippen MR) is 138 cm³/mol. The Kier molecular flexibility index (Phi) is 7.35. The van der Waals surface area contributed by atoms with Gasteiger partial charge in [-0.25, -0.2) is 9.69 Å². The second-order valence-corrected chi connectivity index (χ2v) is 8.84.